The molecule has 5 nitrogen and oxygen atoms in total. The summed E-state index contributed by atoms with van der Waals surface area (Å²) in [5, 5.41) is 14.6. The van der Waals surface area contributed by atoms with Gasteiger partial charge in [0.1, 0.15) is 11.9 Å². The molecule has 0 aliphatic carbocycles. The first-order valence-electron chi connectivity index (χ1n) is 6.09. The number of para-hydroxylation sites is 1. The third kappa shape index (κ3) is 3.50. The van der Waals surface area contributed by atoms with Gasteiger partial charge in [0.15, 0.2) is 0 Å². The number of halogens is 1. The molecule has 1 aliphatic heterocycles. The number of carbonyl (C=O) groups excluding carboxylic acids is 1. The maximum Gasteiger partial charge on any atom is 0.238 e. The minimum atomic E-state index is -0.465. The number of amides is 1. The van der Waals surface area contributed by atoms with E-state index in [9.17, 15) is 9.18 Å². The fourth-order valence-electron chi connectivity index (χ4n) is 2.00. The van der Waals surface area contributed by atoms with Gasteiger partial charge in [-0.25, -0.2) is 4.39 Å². The van der Waals surface area contributed by atoms with Gasteiger partial charge < -0.3 is 10.6 Å². The summed E-state index contributed by atoms with van der Waals surface area (Å²) in [5.74, 6) is -0.778. The number of hydrogen-bond acceptors (Lipinski definition) is 4. The normalized spacial score (nSPS) is 19.7. The van der Waals surface area contributed by atoms with Gasteiger partial charge in [-0.2, -0.15) is 5.26 Å². The fourth-order valence-corrected chi connectivity index (χ4v) is 2.00. The minimum absolute atomic E-state index is 0.0915. The molecule has 1 aromatic carbocycles. The van der Waals surface area contributed by atoms with Crippen LogP contribution < -0.4 is 10.6 Å². The van der Waals surface area contributed by atoms with E-state index in [2.05, 4.69) is 16.7 Å². The van der Waals surface area contributed by atoms with Gasteiger partial charge in [0.2, 0.25) is 5.91 Å². The molecule has 0 aromatic heterocycles. The van der Waals surface area contributed by atoms with Gasteiger partial charge in [-0.1, -0.05) is 12.1 Å². The summed E-state index contributed by atoms with van der Waals surface area (Å²) < 4.78 is 13.4. The first-order valence-corrected chi connectivity index (χ1v) is 6.09. The summed E-state index contributed by atoms with van der Waals surface area (Å²) >= 11 is 0. The summed E-state index contributed by atoms with van der Waals surface area (Å²) in [4.78, 5) is 13.6. The van der Waals surface area contributed by atoms with Crippen LogP contribution in [0.25, 0.3) is 0 Å². The highest BCUT2D eigenvalue weighted by Crippen LogP contribution is 2.12. The molecular weight excluding hydrogens is 247 g/mol. The van der Waals surface area contributed by atoms with E-state index < -0.39 is 5.82 Å². The van der Waals surface area contributed by atoms with Gasteiger partial charge in [0, 0.05) is 19.6 Å². The third-order valence-electron chi connectivity index (χ3n) is 3.00. The highest BCUT2D eigenvalue weighted by Gasteiger charge is 2.23. The molecule has 2 rings (SSSR count). The van der Waals surface area contributed by atoms with Gasteiger partial charge >= 0.3 is 0 Å². The van der Waals surface area contributed by atoms with E-state index in [1.165, 1.54) is 12.1 Å². The lowest BCUT2D eigenvalue weighted by Crippen LogP contribution is -2.52. The van der Waals surface area contributed by atoms with Crippen LogP contribution in [-0.2, 0) is 4.79 Å². The van der Waals surface area contributed by atoms with Crippen molar-refractivity contribution in [3.8, 4) is 6.07 Å². The lowest BCUT2D eigenvalue weighted by atomic mass is 10.2. The number of anilines is 1. The predicted octanol–water partition coefficient (Wildman–Crippen LogP) is 0.562. The second-order valence-electron chi connectivity index (χ2n) is 4.35. The van der Waals surface area contributed by atoms with E-state index in [0.29, 0.717) is 13.1 Å². The maximum absolute atomic E-state index is 13.4. The van der Waals surface area contributed by atoms with Gasteiger partial charge in [-0.15, -0.1) is 0 Å². The molecule has 2 N–H and O–H groups in total. The molecule has 1 atom stereocenters. The predicted molar refractivity (Wildman–Crippen MR) is 68.9 cm³/mol. The Morgan fingerprint density at radius 3 is 3.11 bits per heavy atom. The van der Waals surface area contributed by atoms with E-state index in [-0.39, 0.29) is 24.2 Å². The van der Waals surface area contributed by atoms with Crippen molar-refractivity contribution < 1.29 is 9.18 Å². The first kappa shape index (κ1) is 13.5. The molecule has 1 heterocycles. The standard InChI is InChI=1S/C13H15FN4O/c14-11-3-1-2-4-12(11)17-13(19)9-18-6-5-16-8-10(18)7-15/h1-4,10,16H,5-6,8-9H2,(H,17,19). The Bertz CT molecular complexity index is 500. The smallest absolute Gasteiger partial charge is 0.238 e. The van der Waals surface area contributed by atoms with Crippen LogP contribution in [-0.4, -0.2) is 43.0 Å². The van der Waals surface area contributed by atoms with Crippen LogP contribution in [0.3, 0.4) is 0 Å². The largest absolute Gasteiger partial charge is 0.322 e. The molecule has 1 unspecified atom stereocenters. The van der Waals surface area contributed by atoms with Crippen LogP contribution in [0, 0.1) is 17.1 Å². The van der Waals surface area contributed by atoms with Crippen LogP contribution in [0.4, 0.5) is 10.1 Å². The molecule has 6 heteroatoms. The van der Waals surface area contributed by atoms with Crippen LogP contribution in [0.5, 0.6) is 0 Å². The Morgan fingerprint density at radius 2 is 2.37 bits per heavy atom. The summed E-state index contributed by atoms with van der Waals surface area (Å²) in [5.41, 5.74) is 0.163. The lowest BCUT2D eigenvalue weighted by molar-refractivity contribution is -0.117. The van der Waals surface area contributed by atoms with Gasteiger partial charge in [0.25, 0.3) is 0 Å². The van der Waals surface area contributed by atoms with Crippen molar-refractivity contribution in [2.24, 2.45) is 0 Å². The van der Waals surface area contributed by atoms with Crippen LogP contribution in [0.2, 0.25) is 0 Å². The fraction of sp³-hybridized carbons (Fsp3) is 0.385. The van der Waals surface area contributed by atoms with Crippen molar-refractivity contribution >= 4 is 11.6 Å². The SMILES string of the molecule is N#CC1CNCCN1CC(=O)Nc1ccccc1F. The number of hydrogen-bond donors (Lipinski definition) is 2. The van der Waals surface area contributed by atoms with E-state index in [0.717, 1.165) is 6.54 Å². The Morgan fingerprint density at radius 1 is 1.58 bits per heavy atom. The summed E-state index contributed by atoms with van der Waals surface area (Å²) in [6, 6.07) is 7.84. The molecule has 100 valence electrons. The monoisotopic (exact) mass is 262 g/mol. The second-order valence-corrected chi connectivity index (χ2v) is 4.35. The average molecular weight is 262 g/mol. The van der Waals surface area contributed by atoms with Crippen LogP contribution in [0.15, 0.2) is 24.3 Å². The van der Waals surface area contributed by atoms with Crippen molar-refractivity contribution in [2.45, 2.75) is 6.04 Å². The zero-order valence-corrected chi connectivity index (χ0v) is 10.4. The minimum Gasteiger partial charge on any atom is -0.322 e. The average Bonchev–Trinajstić information content (AvgIpc) is 2.42. The number of nitrogens with one attached hydrogen (secondary N) is 2. The molecular formula is C13H15FN4O. The summed E-state index contributed by atoms with van der Waals surface area (Å²) in [7, 11) is 0. The third-order valence-corrected chi connectivity index (χ3v) is 3.00. The molecule has 0 bridgehead atoms. The highest BCUT2D eigenvalue weighted by molar-refractivity contribution is 5.92. The quantitative estimate of drug-likeness (QED) is 0.835. The summed E-state index contributed by atoms with van der Waals surface area (Å²) in [6.45, 7) is 2.01. The Labute approximate surface area is 111 Å². The Hall–Kier alpha value is -1.97. The van der Waals surface area contributed by atoms with E-state index >= 15 is 0 Å². The molecule has 0 saturated carbocycles. The molecule has 0 spiro atoms. The number of piperazine rings is 1. The molecule has 19 heavy (non-hydrogen) atoms. The van der Waals surface area contributed by atoms with Crippen LogP contribution in [0.1, 0.15) is 0 Å². The number of nitrogens with zero attached hydrogens (tertiary/aromatic N) is 2. The molecule has 1 amide bonds. The number of carbonyl (C=O) groups is 1. The Balaban J connectivity index is 1.94. The van der Waals surface area contributed by atoms with Crippen molar-refractivity contribution in [3.05, 3.63) is 30.1 Å². The van der Waals surface area contributed by atoms with Gasteiger partial charge in [0.05, 0.1) is 18.3 Å². The number of benzene rings is 1. The van der Waals surface area contributed by atoms with Crippen LogP contribution >= 0.6 is 0 Å². The molecule has 1 aromatic rings. The first-order chi connectivity index (χ1) is 9.20. The topological polar surface area (TPSA) is 68.2 Å². The van der Waals surface area contributed by atoms with E-state index in [4.69, 9.17) is 5.26 Å². The highest BCUT2D eigenvalue weighted by atomic mass is 19.1. The van der Waals surface area contributed by atoms with Crippen molar-refractivity contribution in [1.82, 2.24) is 10.2 Å². The molecule has 1 saturated heterocycles. The van der Waals surface area contributed by atoms with Gasteiger partial charge in [-0.3, -0.25) is 9.69 Å². The van der Waals surface area contributed by atoms with Crippen molar-refractivity contribution in [1.29, 1.82) is 5.26 Å². The van der Waals surface area contributed by atoms with Crippen molar-refractivity contribution in [2.75, 3.05) is 31.5 Å². The zero-order valence-electron chi connectivity index (χ0n) is 10.4. The molecule has 1 fully saturated rings. The molecule has 1 aliphatic rings. The van der Waals surface area contributed by atoms with Gasteiger partial charge in [-0.05, 0) is 12.1 Å². The summed E-state index contributed by atoms with van der Waals surface area (Å²) in [6.07, 6.45) is 0. The zero-order chi connectivity index (χ0) is 13.7. The maximum atomic E-state index is 13.4. The van der Waals surface area contributed by atoms with E-state index in [1.807, 2.05) is 0 Å². The number of rotatable bonds is 3. The second kappa shape index (κ2) is 6.27. The lowest BCUT2D eigenvalue weighted by Gasteiger charge is -2.31. The van der Waals surface area contributed by atoms with E-state index in [1.54, 1.807) is 17.0 Å². The number of nitriles is 1. The molecule has 0 radical (unpaired) electrons. The Kier molecular flexibility index (Phi) is 4.44. The van der Waals surface area contributed by atoms with Crippen molar-refractivity contribution in [3.63, 3.8) is 0 Å².